The Morgan fingerprint density at radius 3 is 2.40 bits per heavy atom. The molecule has 0 aromatic heterocycles. The maximum Gasteiger partial charge on any atom is 0.323 e. The van der Waals surface area contributed by atoms with E-state index in [4.69, 9.17) is 16.3 Å². The van der Waals surface area contributed by atoms with E-state index in [1.165, 1.54) is 59.9 Å². The lowest BCUT2D eigenvalue weighted by molar-refractivity contribution is -0.134. The molecule has 0 saturated heterocycles. The molecule has 3 N–H and O–H groups in total. The Morgan fingerprint density at radius 1 is 1.12 bits per heavy atom. The van der Waals surface area contributed by atoms with E-state index in [0.717, 1.165) is 0 Å². The number of ether oxygens (including phenoxy) is 1. The van der Waals surface area contributed by atoms with Crippen LogP contribution in [0.1, 0.15) is 19.4 Å². The maximum atomic E-state index is 13.4. The first kappa shape index (κ1) is 32.2. The monoisotopic (exact) mass is 632 g/mol. The van der Waals surface area contributed by atoms with Crippen molar-refractivity contribution < 1.29 is 32.2 Å². The zero-order valence-electron chi connectivity index (χ0n) is 24.0. The molecule has 230 valence electrons. The van der Waals surface area contributed by atoms with Gasteiger partial charge in [-0.05, 0) is 73.7 Å². The van der Waals surface area contributed by atoms with Crippen LogP contribution in [0.4, 0.5) is 20.6 Å². The molecule has 0 saturated carbocycles. The number of benzene rings is 3. The number of aliphatic hydroxyl groups is 1. The fraction of sp³-hybridized carbons (Fsp3) is 0.333. The van der Waals surface area contributed by atoms with Gasteiger partial charge in [-0.1, -0.05) is 18.5 Å². The molecule has 4 rings (SSSR count). The first-order valence-corrected chi connectivity index (χ1v) is 15.4. The highest BCUT2D eigenvalue weighted by Crippen LogP contribution is 2.30. The zero-order chi connectivity index (χ0) is 31.3. The second kappa shape index (κ2) is 13.7. The van der Waals surface area contributed by atoms with E-state index in [1.54, 1.807) is 30.0 Å². The molecule has 43 heavy (non-hydrogen) atoms. The molecule has 0 radical (unpaired) electrons. The normalized spacial score (nSPS) is 18.1. The van der Waals surface area contributed by atoms with Crippen LogP contribution in [0.3, 0.4) is 0 Å². The molecule has 3 aromatic rings. The van der Waals surface area contributed by atoms with Gasteiger partial charge in [0.2, 0.25) is 15.9 Å². The van der Waals surface area contributed by atoms with E-state index >= 15 is 0 Å². The summed E-state index contributed by atoms with van der Waals surface area (Å²) < 4.78 is 47.4. The molecule has 3 aromatic carbocycles. The number of carbonyl (C=O) groups excluding carboxylic acids is 2. The average Bonchev–Trinajstić information content (AvgIpc) is 3.01. The Kier molecular flexibility index (Phi) is 10.3. The second-order valence-electron chi connectivity index (χ2n) is 10.5. The minimum absolute atomic E-state index is 0.0266. The fourth-order valence-corrected chi connectivity index (χ4v) is 6.00. The van der Waals surface area contributed by atoms with Crippen LogP contribution in [-0.2, 0) is 21.2 Å². The number of urea groups is 1. The van der Waals surface area contributed by atoms with Gasteiger partial charge in [0.15, 0.2) is 0 Å². The van der Waals surface area contributed by atoms with Crippen molar-refractivity contribution in [2.24, 2.45) is 5.92 Å². The van der Waals surface area contributed by atoms with Gasteiger partial charge in [0.1, 0.15) is 17.7 Å². The molecule has 10 nitrogen and oxygen atoms in total. The number of anilines is 2. The van der Waals surface area contributed by atoms with Crippen molar-refractivity contribution >= 4 is 44.9 Å². The highest BCUT2D eigenvalue weighted by molar-refractivity contribution is 7.89. The highest BCUT2D eigenvalue weighted by Gasteiger charge is 2.33. The van der Waals surface area contributed by atoms with Gasteiger partial charge < -0.3 is 25.4 Å². The maximum absolute atomic E-state index is 13.4. The van der Waals surface area contributed by atoms with Gasteiger partial charge >= 0.3 is 6.03 Å². The zero-order valence-corrected chi connectivity index (χ0v) is 25.5. The molecule has 0 unspecified atom stereocenters. The SMILES string of the molecule is C[C@H]1CN([C@@H](C)CO)C(=O)Cc2cc(NC(=O)Nc3ccc(F)cc3)ccc2O[C@H]1CN(C)S(=O)(=O)c1ccc(Cl)cc1. The molecular formula is C30H34ClFN4O6S. The smallest absolute Gasteiger partial charge is 0.323 e. The molecule has 0 fully saturated rings. The molecule has 3 atom stereocenters. The van der Waals surface area contributed by atoms with Crippen molar-refractivity contribution in [3.05, 3.63) is 83.1 Å². The van der Waals surface area contributed by atoms with E-state index in [-0.39, 0.29) is 42.8 Å². The number of aliphatic hydroxyl groups excluding tert-OH is 1. The lowest BCUT2D eigenvalue weighted by Crippen LogP contribution is -2.48. The molecule has 0 bridgehead atoms. The van der Waals surface area contributed by atoms with Gasteiger partial charge in [-0.25, -0.2) is 17.6 Å². The van der Waals surface area contributed by atoms with Crippen LogP contribution in [0.25, 0.3) is 0 Å². The van der Waals surface area contributed by atoms with Crippen LogP contribution in [-0.4, -0.2) is 73.6 Å². The minimum atomic E-state index is -3.88. The van der Waals surface area contributed by atoms with Crippen molar-refractivity contribution in [1.82, 2.24) is 9.21 Å². The molecule has 0 aliphatic carbocycles. The van der Waals surface area contributed by atoms with Crippen LogP contribution in [0, 0.1) is 11.7 Å². The Morgan fingerprint density at radius 2 is 1.74 bits per heavy atom. The Labute approximate surface area is 255 Å². The summed E-state index contributed by atoms with van der Waals surface area (Å²) in [6, 6.07) is 14.9. The van der Waals surface area contributed by atoms with Gasteiger partial charge in [-0.2, -0.15) is 4.31 Å². The number of hydrogen-bond acceptors (Lipinski definition) is 6. The number of rotatable bonds is 8. The number of fused-ring (bicyclic) bond motifs is 1. The van der Waals surface area contributed by atoms with E-state index in [1.807, 2.05) is 6.92 Å². The molecule has 1 aliphatic rings. The summed E-state index contributed by atoms with van der Waals surface area (Å²) in [5, 5.41) is 15.6. The van der Waals surface area contributed by atoms with Gasteiger partial charge in [0.05, 0.1) is 30.5 Å². The lowest BCUT2D eigenvalue weighted by atomic mass is 10.0. The van der Waals surface area contributed by atoms with Gasteiger partial charge in [0, 0.05) is 41.5 Å². The van der Waals surface area contributed by atoms with Crippen molar-refractivity contribution in [1.29, 1.82) is 0 Å². The van der Waals surface area contributed by atoms with Crippen molar-refractivity contribution in [2.75, 3.05) is 37.4 Å². The first-order chi connectivity index (χ1) is 20.4. The average molecular weight is 633 g/mol. The van der Waals surface area contributed by atoms with Crippen molar-refractivity contribution in [3.8, 4) is 5.75 Å². The summed E-state index contributed by atoms with van der Waals surface area (Å²) >= 11 is 5.94. The molecule has 1 heterocycles. The van der Waals surface area contributed by atoms with Crippen LogP contribution in [0.15, 0.2) is 71.6 Å². The summed E-state index contributed by atoms with van der Waals surface area (Å²) in [5.74, 6) is -0.648. The standard InChI is InChI=1S/C30H34ClFN4O6S/c1-19-16-36(20(2)18-37)29(38)15-21-14-25(34-30(39)33-24-8-6-23(32)7-9-24)10-13-27(21)42-28(19)17-35(3)43(40,41)26-11-4-22(31)5-12-26/h4-14,19-20,28,37H,15-18H2,1-3H3,(H2,33,34,39)/t19-,20-,28-/m0/s1. The van der Waals surface area contributed by atoms with Crippen molar-refractivity contribution in [2.45, 2.75) is 37.3 Å². The van der Waals surface area contributed by atoms with Crippen LogP contribution >= 0.6 is 11.6 Å². The number of sulfonamides is 1. The topological polar surface area (TPSA) is 128 Å². The summed E-state index contributed by atoms with van der Waals surface area (Å²) in [7, 11) is -2.42. The Bertz CT molecular complexity index is 1560. The molecule has 1 aliphatic heterocycles. The number of hydrogen-bond donors (Lipinski definition) is 3. The summed E-state index contributed by atoms with van der Waals surface area (Å²) in [5.41, 5.74) is 1.24. The highest BCUT2D eigenvalue weighted by atomic mass is 35.5. The fourth-order valence-electron chi connectivity index (χ4n) is 4.69. The van der Waals surface area contributed by atoms with E-state index in [2.05, 4.69) is 10.6 Å². The van der Waals surface area contributed by atoms with Gasteiger partial charge in [0.25, 0.3) is 0 Å². The minimum Gasteiger partial charge on any atom is -0.488 e. The number of nitrogens with one attached hydrogen (secondary N) is 2. The lowest BCUT2D eigenvalue weighted by Gasteiger charge is -2.33. The van der Waals surface area contributed by atoms with Gasteiger partial charge in [-0.3, -0.25) is 4.79 Å². The number of carbonyl (C=O) groups is 2. The predicted molar refractivity (Wildman–Crippen MR) is 162 cm³/mol. The van der Waals surface area contributed by atoms with Crippen LogP contribution < -0.4 is 15.4 Å². The summed E-state index contributed by atoms with van der Waals surface area (Å²) in [6.07, 6.45) is -0.752. The Balaban J connectivity index is 1.61. The quantitative estimate of drug-likeness (QED) is 0.333. The predicted octanol–water partition coefficient (Wildman–Crippen LogP) is 4.59. The molecule has 13 heteroatoms. The molecule has 3 amide bonds. The molecule has 0 spiro atoms. The van der Waals surface area contributed by atoms with E-state index in [0.29, 0.717) is 27.7 Å². The number of likely N-dealkylation sites (N-methyl/N-ethyl adjacent to an activating group) is 1. The Hall–Kier alpha value is -3.71. The van der Waals surface area contributed by atoms with Crippen molar-refractivity contribution in [3.63, 3.8) is 0 Å². The largest absolute Gasteiger partial charge is 0.488 e. The third kappa shape index (κ3) is 8.02. The van der Waals surface area contributed by atoms with E-state index < -0.39 is 34.0 Å². The summed E-state index contributed by atoms with van der Waals surface area (Å²) in [6.45, 7) is 3.53. The third-order valence-corrected chi connectivity index (χ3v) is 9.32. The van der Waals surface area contributed by atoms with Crippen LogP contribution in [0.2, 0.25) is 5.02 Å². The molecular weight excluding hydrogens is 599 g/mol. The number of amides is 3. The third-order valence-electron chi connectivity index (χ3n) is 7.24. The van der Waals surface area contributed by atoms with Gasteiger partial charge in [-0.15, -0.1) is 0 Å². The summed E-state index contributed by atoms with van der Waals surface area (Å²) in [4.78, 5) is 27.7. The number of nitrogens with zero attached hydrogens (tertiary/aromatic N) is 2. The van der Waals surface area contributed by atoms with E-state index in [9.17, 15) is 27.5 Å². The second-order valence-corrected chi connectivity index (χ2v) is 13.0. The first-order valence-electron chi connectivity index (χ1n) is 13.6. The number of halogens is 2. The van der Waals surface area contributed by atoms with Crippen LogP contribution in [0.5, 0.6) is 5.75 Å².